The van der Waals surface area contributed by atoms with Gasteiger partial charge in [0.2, 0.25) is 10.0 Å². The van der Waals surface area contributed by atoms with Gasteiger partial charge in [-0.25, -0.2) is 17.5 Å². The Labute approximate surface area is 176 Å². The van der Waals surface area contributed by atoms with Crippen LogP contribution in [0.4, 0.5) is 4.39 Å². The minimum atomic E-state index is -3.64. The van der Waals surface area contributed by atoms with Crippen LogP contribution in [0.2, 0.25) is 0 Å². The molecule has 2 N–H and O–H groups in total. The van der Waals surface area contributed by atoms with Gasteiger partial charge in [0.25, 0.3) is 5.91 Å². The summed E-state index contributed by atoms with van der Waals surface area (Å²) in [4.78, 5) is 12.7. The van der Waals surface area contributed by atoms with Gasteiger partial charge < -0.3 is 10.1 Å². The highest BCUT2D eigenvalue weighted by molar-refractivity contribution is 7.89. The van der Waals surface area contributed by atoms with Gasteiger partial charge in [-0.1, -0.05) is 25.0 Å². The first kappa shape index (κ1) is 22.4. The molecule has 30 heavy (non-hydrogen) atoms. The van der Waals surface area contributed by atoms with Crippen LogP contribution in [-0.2, 0) is 20.2 Å². The van der Waals surface area contributed by atoms with Crippen LogP contribution in [0.15, 0.2) is 53.4 Å². The third kappa shape index (κ3) is 5.24. The van der Waals surface area contributed by atoms with Crippen LogP contribution in [0.3, 0.4) is 0 Å². The van der Waals surface area contributed by atoms with Crippen LogP contribution in [0.25, 0.3) is 0 Å². The molecule has 3 rings (SSSR count). The molecule has 6 nitrogen and oxygen atoms in total. The number of benzene rings is 2. The van der Waals surface area contributed by atoms with E-state index in [1.54, 1.807) is 12.1 Å². The maximum atomic E-state index is 13.3. The Balaban J connectivity index is 1.66. The van der Waals surface area contributed by atoms with Gasteiger partial charge in [0.15, 0.2) is 0 Å². The first-order valence-corrected chi connectivity index (χ1v) is 11.5. The lowest BCUT2D eigenvalue weighted by atomic mass is 9.78. The largest absolute Gasteiger partial charge is 0.383 e. The van der Waals surface area contributed by atoms with E-state index in [2.05, 4.69) is 10.0 Å². The van der Waals surface area contributed by atoms with Crippen molar-refractivity contribution in [2.24, 2.45) is 0 Å². The lowest BCUT2D eigenvalue weighted by Crippen LogP contribution is -2.39. The van der Waals surface area contributed by atoms with E-state index < -0.39 is 10.0 Å². The molecular formula is C22H27FN2O4S. The standard InChI is InChI=1S/C22H27FN2O4S/c1-29-15-14-25-30(27,28)20-10-4-17(5-11-20)21(26)24-16-22(12-2-3-13-22)18-6-8-19(23)9-7-18/h4-11,25H,2-3,12-16H2,1H3,(H,24,26). The Morgan fingerprint density at radius 2 is 1.70 bits per heavy atom. The van der Waals surface area contributed by atoms with E-state index in [4.69, 9.17) is 4.74 Å². The molecule has 1 aliphatic carbocycles. The number of rotatable bonds is 9. The maximum Gasteiger partial charge on any atom is 0.251 e. The van der Waals surface area contributed by atoms with Crippen molar-refractivity contribution in [2.45, 2.75) is 36.0 Å². The minimum absolute atomic E-state index is 0.0914. The maximum absolute atomic E-state index is 13.3. The van der Waals surface area contributed by atoms with Crippen molar-refractivity contribution >= 4 is 15.9 Å². The molecule has 1 amide bonds. The number of hydrogen-bond acceptors (Lipinski definition) is 4. The molecule has 1 fully saturated rings. The van der Waals surface area contributed by atoms with Crippen LogP contribution in [0.1, 0.15) is 41.6 Å². The van der Waals surface area contributed by atoms with Crippen LogP contribution in [0, 0.1) is 5.82 Å². The Morgan fingerprint density at radius 3 is 2.30 bits per heavy atom. The summed E-state index contributed by atoms with van der Waals surface area (Å²) in [5.74, 6) is -0.539. The van der Waals surface area contributed by atoms with E-state index in [1.807, 2.05) is 0 Å². The van der Waals surface area contributed by atoms with E-state index in [0.29, 0.717) is 12.1 Å². The molecule has 0 saturated heterocycles. The van der Waals surface area contributed by atoms with E-state index in [-0.39, 0.29) is 35.2 Å². The fraction of sp³-hybridized carbons (Fsp3) is 0.409. The second kappa shape index (κ2) is 9.68. The highest BCUT2D eigenvalue weighted by Gasteiger charge is 2.36. The number of methoxy groups -OCH3 is 1. The molecule has 162 valence electrons. The van der Waals surface area contributed by atoms with Crippen molar-refractivity contribution in [1.29, 1.82) is 0 Å². The number of amides is 1. The summed E-state index contributed by atoms with van der Waals surface area (Å²) >= 11 is 0. The monoisotopic (exact) mass is 434 g/mol. The molecule has 0 aromatic heterocycles. The second-order valence-corrected chi connectivity index (χ2v) is 9.36. The number of carbonyl (C=O) groups excluding carboxylic acids is 1. The van der Waals surface area contributed by atoms with Gasteiger partial charge in [-0.15, -0.1) is 0 Å². The zero-order valence-electron chi connectivity index (χ0n) is 17.0. The summed E-state index contributed by atoms with van der Waals surface area (Å²) in [6.07, 6.45) is 4.00. The normalized spacial score (nSPS) is 15.8. The van der Waals surface area contributed by atoms with Crippen LogP contribution >= 0.6 is 0 Å². The van der Waals surface area contributed by atoms with Gasteiger partial charge in [0.05, 0.1) is 11.5 Å². The summed E-state index contributed by atoms with van der Waals surface area (Å²) in [6, 6.07) is 12.3. The zero-order chi connectivity index (χ0) is 21.6. The number of carbonyl (C=O) groups is 1. The summed E-state index contributed by atoms with van der Waals surface area (Å²) in [7, 11) is -2.15. The molecule has 0 aliphatic heterocycles. The highest BCUT2D eigenvalue weighted by Crippen LogP contribution is 2.40. The van der Waals surface area contributed by atoms with Crippen molar-refractivity contribution in [3.05, 3.63) is 65.5 Å². The van der Waals surface area contributed by atoms with Crippen LogP contribution in [0.5, 0.6) is 0 Å². The van der Waals surface area contributed by atoms with Gasteiger partial charge in [-0.05, 0) is 54.8 Å². The lowest BCUT2D eigenvalue weighted by Gasteiger charge is -2.30. The number of ether oxygens (including phenoxy) is 1. The Bertz CT molecular complexity index is 954. The molecular weight excluding hydrogens is 407 g/mol. The first-order valence-electron chi connectivity index (χ1n) is 9.99. The van der Waals surface area contributed by atoms with E-state index in [0.717, 1.165) is 31.2 Å². The summed E-state index contributed by atoms with van der Waals surface area (Å²) in [5.41, 5.74) is 1.22. The van der Waals surface area contributed by atoms with Crippen molar-refractivity contribution in [2.75, 3.05) is 26.8 Å². The van der Waals surface area contributed by atoms with Gasteiger partial charge in [-0.2, -0.15) is 0 Å². The van der Waals surface area contributed by atoms with Crippen molar-refractivity contribution in [3.63, 3.8) is 0 Å². The zero-order valence-corrected chi connectivity index (χ0v) is 17.8. The average Bonchev–Trinajstić information content (AvgIpc) is 3.23. The third-order valence-electron chi connectivity index (χ3n) is 5.63. The predicted molar refractivity (Wildman–Crippen MR) is 112 cm³/mol. The fourth-order valence-corrected chi connectivity index (χ4v) is 4.93. The Kier molecular flexibility index (Phi) is 7.23. The Hall–Kier alpha value is -2.29. The topological polar surface area (TPSA) is 84.5 Å². The van der Waals surface area contributed by atoms with E-state index >= 15 is 0 Å². The van der Waals surface area contributed by atoms with Crippen molar-refractivity contribution in [1.82, 2.24) is 10.0 Å². The van der Waals surface area contributed by atoms with Crippen molar-refractivity contribution < 1.29 is 22.3 Å². The Morgan fingerprint density at radius 1 is 1.07 bits per heavy atom. The van der Waals surface area contributed by atoms with E-state index in [1.165, 1.54) is 43.5 Å². The van der Waals surface area contributed by atoms with Crippen LogP contribution in [-0.4, -0.2) is 41.1 Å². The molecule has 0 heterocycles. The molecule has 0 atom stereocenters. The minimum Gasteiger partial charge on any atom is -0.383 e. The number of sulfonamides is 1. The highest BCUT2D eigenvalue weighted by atomic mass is 32.2. The second-order valence-electron chi connectivity index (χ2n) is 7.59. The molecule has 1 saturated carbocycles. The summed E-state index contributed by atoms with van der Waals surface area (Å²) < 4.78 is 45.0. The van der Waals surface area contributed by atoms with Gasteiger partial charge in [0.1, 0.15) is 5.82 Å². The van der Waals surface area contributed by atoms with E-state index in [9.17, 15) is 17.6 Å². The average molecular weight is 435 g/mol. The summed E-state index contributed by atoms with van der Waals surface area (Å²) in [6.45, 7) is 0.901. The summed E-state index contributed by atoms with van der Waals surface area (Å²) in [5, 5.41) is 2.98. The predicted octanol–water partition coefficient (Wildman–Crippen LogP) is 2.99. The molecule has 8 heteroatoms. The molecule has 0 unspecified atom stereocenters. The van der Waals surface area contributed by atoms with Crippen molar-refractivity contribution in [3.8, 4) is 0 Å². The third-order valence-corrected chi connectivity index (χ3v) is 7.11. The van der Waals surface area contributed by atoms with Crippen LogP contribution < -0.4 is 10.0 Å². The SMILES string of the molecule is COCCNS(=O)(=O)c1ccc(C(=O)NCC2(c3ccc(F)cc3)CCCC2)cc1. The molecule has 1 aliphatic rings. The smallest absolute Gasteiger partial charge is 0.251 e. The quantitative estimate of drug-likeness (QED) is 0.595. The number of hydrogen-bond donors (Lipinski definition) is 2. The van der Waals surface area contributed by atoms with Gasteiger partial charge >= 0.3 is 0 Å². The first-order chi connectivity index (χ1) is 14.4. The molecule has 2 aromatic rings. The van der Waals surface area contributed by atoms with Gasteiger partial charge in [-0.3, -0.25) is 4.79 Å². The van der Waals surface area contributed by atoms with Gasteiger partial charge in [0, 0.05) is 31.2 Å². The molecule has 0 bridgehead atoms. The molecule has 0 spiro atoms. The molecule has 2 aromatic carbocycles. The lowest BCUT2D eigenvalue weighted by molar-refractivity contribution is 0.0943. The fourth-order valence-electron chi connectivity index (χ4n) is 3.92. The number of nitrogens with one attached hydrogen (secondary N) is 2. The number of halogens is 1. The molecule has 0 radical (unpaired) electrons.